The van der Waals surface area contributed by atoms with Gasteiger partial charge in [-0.2, -0.15) is 0 Å². The molecule has 2 heterocycles. The van der Waals surface area contributed by atoms with Crippen molar-refractivity contribution in [1.29, 1.82) is 0 Å². The summed E-state index contributed by atoms with van der Waals surface area (Å²) in [7, 11) is 0. The van der Waals surface area contributed by atoms with Crippen LogP contribution in [0.3, 0.4) is 0 Å². The Morgan fingerprint density at radius 3 is 2.93 bits per heavy atom. The molecule has 15 heavy (non-hydrogen) atoms. The van der Waals surface area contributed by atoms with Crippen LogP contribution in [0.15, 0.2) is 0 Å². The molecule has 0 aromatic carbocycles. The maximum Gasteiger partial charge on any atom is 0.137 e. The first-order chi connectivity index (χ1) is 7.40. The van der Waals surface area contributed by atoms with Gasteiger partial charge in [-0.3, -0.25) is 4.90 Å². The zero-order valence-electron chi connectivity index (χ0n) is 9.36. The Hall–Kier alpha value is -0.410. The standard InChI is InChI=1S/C12H21NO2/c14-10-11-4-1-2-7-13(11)8-6-12-5-3-9-15-12/h10-12H,1-9H2. The minimum atomic E-state index is 0.181. The lowest BCUT2D eigenvalue weighted by Crippen LogP contribution is -2.41. The highest BCUT2D eigenvalue weighted by Gasteiger charge is 2.23. The van der Waals surface area contributed by atoms with E-state index in [0.29, 0.717) is 6.10 Å². The summed E-state index contributed by atoms with van der Waals surface area (Å²) in [5.74, 6) is 0. The van der Waals surface area contributed by atoms with Gasteiger partial charge in [0.15, 0.2) is 0 Å². The topological polar surface area (TPSA) is 29.5 Å². The van der Waals surface area contributed by atoms with Gasteiger partial charge in [0.25, 0.3) is 0 Å². The van der Waals surface area contributed by atoms with Crippen molar-refractivity contribution in [2.45, 2.75) is 50.7 Å². The number of rotatable bonds is 4. The van der Waals surface area contributed by atoms with Crippen LogP contribution in [0.1, 0.15) is 38.5 Å². The molecule has 3 nitrogen and oxygen atoms in total. The summed E-state index contributed by atoms with van der Waals surface area (Å²) < 4.78 is 5.60. The van der Waals surface area contributed by atoms with E-state index < -0.39 is 0 Å². The fraction of sp³-hybridized carbons (Fsp3) is 0.917. The molecule has 0 aromatic rings. The van der Waals surface area contributed by atoms with Crippen molar-refractivity contribution in [3.05, 3.63) is 0 Å². The van der Waals surface area contributed by atoms with E-state index in [0.717, 1.165) is 38.8 Å². The molecule has 0 bridgehead atoms. The summed E-state index contributed by atoms with van der Waals surface area (Å²) in [6.45, 7) is 3.06. The number of carbonyl (C=O) groups is 1. The third-order valence-electron chi connectivity index (χ3n) is 3.58. The van der Waals surface area contributed by atoms with Crippen molar-refractivity contribution in [3.8, 4) is 0 Å². The summed E-state index contributed by atoms with van der Waals surface area (Å²) in [6.07, 6.45) is 8.60. The van der Waals surface area contributed by atoms with Gasteiger partial charge in [-0.15, -0.1) is 0 Å². The molecule has 0 aromatic heterocycles. The maximum atomic E-state index is 10.9. The van der Waals surface area contributed by atoms with Gasteiger partial charge >= 0.3 is 0 Å². The van der Waals surface area contributed by atoms with Crippen LogP contribution in [-0.2, 0) is 9.53 Å². The molecule has 3 heteroatoms. The monoisotopic (exact) mass is 211 g/mol. The van der Waals surface area contributed by atoms with E-state index in [4.69, 9.17) is 4.74 Å². The van der Waals surface area contributed by atoms with Crippen LogP contribution in [-0.4, -0.2) is 43.0 Å². The normalized spacial score (nSPS) is 33.1. The van der Waals surface area contributed by atoms with Gasteiger partial charge in [0.05, 0.1) is 12.1 Å². The van der Waals surface area contributed by atoms with E-state index in [1.807, 2.05) is 0 Å². The number of ether oxygens (including phenoxy) is 1. The van der Waals surface area contributed by atoms with E-state index in [9.17, 15) is 4.79 Å². The van der Waals surface area contributed by atoms with Gasteiger partial charge in [0.1, 0.15) is 6.29 Å². The first-order valence-corrected chi connectivity index (χ1v) is 6.21. The lowest BCUT2D eigenvalue weighted by molar-refractivity contribution is -0.113. The van der Waals surface area contributed by atoms with Crippen molar-refractivity contribution < 1.29 is 9.53 Å². The Kier molecular flexibility index (Phi) is 4.15. The third kappa shape index (κ3) is 3.02. The van der Waals surface area contributed by atoms with Crippen LogP contribution in [0.5, 0.6) is 0 Å². The van der Waals surface area contributed by atoms with Gasteiger partial charge in [-0.05, 0) is 38.6 Å². The number of aldehydes is 1. The van der Waals surface area contributed by atoms with E-state index >= 15 is 0 Å². The highest BCUT2D eigenvalue weighted by molar-refractivity contribution is 5.57. The van der Waals surface area contributed by atoms with Crippen molar-refractivity contribution in [2.75, 3.05) is 19.7 Å². The average molecular weight is 211 g/mol. The highest BCUT2D eigenvalue weighted by Crippen LogP contribution is 2.19. The zero-order chi connectivity index (χ0) is 10.5. The lowest BCUT2D eigenvalue weighted by Gasteiger charge is -2.32. The molecule has 2 aliphatic heterocycles. The summed E-state index contributed by atoms with van der Waals surface area (Å²) >= 11 is 0. The first-order valence-electron chi connectivity index (χ1n) is 6.21. The van der Waals surface area contributed by atoms with Gasteiger partial charge in [-0.25, -0.2) is 0 Å². The second kappa shape index (κ2) is 5.61. The van der Waals surface area contributed by atoms with E-state index in [2.05, 4.69) is 4.90 Å². The molecular formula is C12H21NO2. The van der Waals surface area contributed by atoms with Gasteiger partial charge in [0, 0.05) is 13.2 Å². The van der Waals surface area contributed by atoms with Crippen molar-refractivity contribution in [3.63, 3.8) is 0 Å². The minimum Gasteiger partial charge on any atom is -0.378 e. The SMILES string of the molecule is O=CC1CCCCN1CCC1CCCO1. The predicted molar refractivity (Wildman–Crippen MR) is 58.9 cm³/mol. The van der Waals surface area contributed by atoms with Crippen molar-refractivity contribution in [1.82, 2.24) is 4.90 Å². The van der Waals surface area contributed by atoms with Crippen LogP contribution >= 0.6 is 0 Å². The number of piperidine rings is 1. The fourth-order valence-electron chi connectivity index (χ4n) is 2.63. The lowest BCUT2D eigenvalue weighted by atomic mass is 10.0. The Balaban J connectivity index is 1.73. The van der Waals surface area contributed by atoms with E-state index in [-0.39, 0.29) is 6.04 Å². The van der Waals surface area contributed by atoms with Crippen LogP contribution in [0, 0.1) is 0 Å². The summed E-state index contributed by atoms with van der Waals surface area (Å²) in [4.78, 5) is 13.2. The Labute approximate surface area is 91.8 Å². The molecule has 0 N–H and O–H groups in total. The number of carbonyl (C=O) groups excluding carboxylic acids is 1. The quantitative estimate of drug-likeness (QED) is 0.662. The molecule has 0 radical (unpaired) electrons. The van der Waals surface area contributed by atoms with E-state index in [1.165, 1.54) is 25.7 Å². The molecule has 2 fully saturated rings. The number of hydrogen-bond donors (Lipinski definition) is 0. The van der Waals surface area contributed by atoms with Gasteiger partial charge in [-0.1, -0.05) is 6.42 Å². The maximum absolute atomic E-state index is 10.9. The largest absolute Gasteiger partial charge is 0.378 e. The Morgan fingerprint density at radius 2 is 2.20 bits per heavy atom. The van der Waals surface area contributed by atoms with E-state index in [1.54, 1.807) is 0 Å². The third-order valence-corrected chi connectivity index (χ3v) is 3.58. The first kappa shape index (κ1) is 11.1. The van der Waals surface area contributed by atoms with Crippen LogP contribution in [0.4, 0.5) is 0 Å². The highest BCUT2D eigenvalue weighted by atomic mass is 16.5. The van der Waals surface area contributed by atoms with Crippen LogP contribution in [0.25, 0.3) is 0 Å². The molecule has 0 amide bonds. The molecule has 86 valence electrons. The second-order valence-corrected chi connectivity index (χ2v) is 4.66. The predicted octanol–water partition coefficient (Wildman–Crippen LogP) is 1.61. The smallest absolute Gasteiger partial charge is 0.137 e. The summed E-state index contributed by atoms with van der Waals surface area (Å²) in [5, 5.41) is 0. The van der Waals surface area contributed by atoms with Crippen molar-refractivity contribution >= 4 is 6.29 Å². The molecule has 0 aliphatic carbocycles. The molecular weight excluding hydrogens is 190 g/mol. The number of nitrogens with zero attached hydrogens (tertiary/aromatic N) is 1. The van der Waals surface area contributed by atoms with Crippen molar-refractivity contribution in [2.24, 2.45) is 0 Å². The van der Waals surface area contributed by atoms with Gasteiger partial charge < -0.3 is 9.53 Å². The number of likely N-dealkylation sites (tertiary alicyclic amines) is 1. The Morgan fingerprint density at radius 1 is 1.27 bits per heavy atom. The summed E-state index contributed by atoms with van der Waals surface area (Å²) in [6, 6.07) is 0.181. The molecule has 2 saturated heterocycles. The fourth-order valence-corrected chi connectivity index (χ4v) is 2.63. The molecule has 0 saturated carbocycles. The van der Waals surface area contributed by atoms with Crippen LogP contribution < -0.4 is 0 Å². The summed E-state index contributed by atoms with van der Waals surface area (Å²) in [5.41, 5.74) is 0. The Bertz CT molecular complexity index is 202. The zero-order valence-corrected chi connectivity index (χ0v) is 9.36. The number of hydrogen-bond acceptors (Lipinski definition) is 3. The molecule has 2 unspecified atom stereocenters. The van der Waals surface area contributed by atoms with Gasteiger partial charge in [0.2, 0.25) is 0 Å². The second-order valence-electron chi connectivity index (χ2n) is 4.66. The molecule has 2 rings (SSSR count). The molecule has 2 aliphatic rings. The average Bonchev–Trinajstić information content (AvgIpc) is 2.79. The molecule has 2 atom stereocenters. The molecule has 0 spiro atoms. The van der Waals surface area contributed by atoms with Crippen LogP contribution in [0.2, 0.25) is 0 Å². The minimum absolute atomic E-state index is 0.181.